The number of aromatic nitrogens is 2. The summed E-state index contributed by atoms with van der Waals surface area (Å²) in [5, 5.41) is 11.2. The van der Waals surface area contributed by atoms with E-state index in [9.17, 15) is 4.79 Å². The maximum atomic E-state index is 12.4. The second kappa shape index (κ2) is 8.75. The fourth-order valence-corrected chi connectivity index (χ4v) is 3.79. The van der Waals surface area contributed by atoms with Crippen molar-refractivity contribution in [1.82, 2.24) is 15.5 Å². The summed E-state index contributed by atoms with van der Waals surface area (Å²) in [6, 6.07) is 11.3. The Bertz CT molecular complexity index is 827. The van der Waals surface area contributed by atoms with E-state index in [-0.39, 0.29) is 5.91 Å². The third-order valence-electron chi connectivity index (χ3n) is 5.42. The molecule has 8 heteroatoms. The molecule has 2 fully saturated rings. The number of amides is 1. The highest BCUT2D eigenvalue weighted by Gasteiger charge is 2.40. The van der Waals surface area contributed by atoms with Crippen LogP contribution in [0.5, 0.6) is 5.75 Å². The van der Waals surface area contributed by atoms with Crippen molar-refractivity contribution in [2.75, 3.05) is 44.9 Å². The van der Waals surface area contributed by atoms with Crippen molar-refractivity contribution in [2.24, 2.45) is 0 Å². The van der Waals surface area contributed by atoms with Crippen LogP contribution in [-0.2, 0) is 15.9 Å². The lowest BCUT2D eigenvalue weighted by Gasteiger charge is -2.37. The molecule has 3 heterocycles. The first-order valence-electron chi connectivity index (χ1n) is 9.96. The van der Waals surface area contributed by atoms with Gasteiger partial charge in [-0.3, -0.25) is 4.79 Å². The van der Waals surface area contributed by atoms with Crippen molar-refractivity contribution < 1.29 is 19.0 Å². The van der Waals surface area contributed by atoms with Gasteiger partial charge in [0, 0.05) is 32.5 Å². The van der Waals surface area contributed by atoms with Gasteiger partial charge < -0.3 is 24.4 Å². The number of rotatable bonds is 6. The summed E-state index contributed by atoms with van der Waals surface area (Å²) in [5.41, 5.74) is 1.36. The number of carbonyl (C=O) groups excluding carboxylic acids is 1. The summed E-state index contributed by atoms with van der Waals surface area (Å²) < 4.78 is 16.8. The number of benzene rings is 1. The van der Waals surface area contributed by atoms with Gasteiger partial charge in [-0.25, -0.2) is 0 Å². The normalized spacial score (nSPS) is 18.0. The Balaban J connectivity index is 1.28. The lowest BCUT2D eigenvalue weighted by molar-refractivity contribution is -0.169. The van der Waals surface area contributed by atoms with E-state index in [0.29, 0.717) is 31.9 Å². The summed E-state index contributed by atoms with van der Waals surface area (Å²) in [4.78, 5) is 14.5. The van der Waals surface area contributed by atoms with Gasteiger partial charge in [0.2, 0.25) is 0 Å². The van der Waals surface area contributed by atoms with Gasteiger partial charge in [-0.1, -0.05) is 18.2 Å². The predicted molar refractivity (Wildman–Crippen MR) is 107 cm³/mol. The maximum Gasteiger partial charge on any atom is 0.271 e. The minimum absolute atomic E-state index is 0.232. The molecule has 0 unspecified atom stereocenters. The molecule has 2 aliphatic rings. The van der Waals surface area contributed by atoms with Crippen LogP contribution in [0.3, 0.4) is 0 Å². The summed E-state index contributed by atoms with van der Waals surface area (Å²) in [7, 11) is 1.64. The van der Waals surface area contributed by atoms with Crippen LogP contribution < -0.4 is 15.0 Å². The molecule has 1 amide bonds. The highest BCUT2D eigenvalue weighted by molar-refractivity contribution is 5.92. The first-order chi connectivity index (χ1) is 14.2. The third-order valence-corrected chi connectivity index (χ3v) is 5.42. The van der Waals surface area contributed by atoms with Crippen molar-refractivity contribution in [2.45, 2.75) is 25.0 Å². The Morgan fingerprint density at radius 2 is 1.90 bits per heavy atom. The molecule has 8 nitrogen and oxygen atoms in total. The molecule has 1 spiro atoms. The van der Waals surface area contributed by atoms with Crippen LogP contribution in [0.2, 0.25) is 0 Å². The highest BCUT2D eigenvalue weighted by Crippen LogP contribution is 2.32. The van der Waals surface area contributed by atoms with Crippen LogP contribution in [0.25, 0.3) is 0 Å². The molecule has 154 valence electrons. The van der Waals surface area contributed by atoms with Crippen molar-refractivity contribution in [3.05, 3.63) is 47.7 Å². The number of methoxy groups -OCH3 is 1. The zero-order valence-corrected chi connectivity index (χ0v) is 16.6. The monoisotopic (exact) mass is 398 g/mol. The highest BCUT2D eigenvalue weighted by atomic mass is 16.7. The number of nitrogens with one attached hydrogen (secondary N) is 1. The largest absolute Gasteiger partial charge is 0.496 e. The van der Waals surface area contributed by atoms with Crippen molar-refractivity contribution >= 4 is 11.7 Å². The van der Waals surface area contributed by atoms with Crippen LogP contribution >= 0.6 is 0 Å². The molecule has 2 saturated heterocycles. The molecular formula is C21H26N4O4. The number of hydrogen-bond donors (Lipinski definition) is 1. The zero-order chi connectivity index (χ0) is 20.1. The van der Waals surface area contributed by atoms with E-state index < -0.39 is 5.79 Å². The summed E-state index contributed by atoms with van der Waals surface area (Å²) in [6.45, 7) is 3.41. The van der Waals surface area contributed by atoms with Gasteiger partial charge in [0.05, 0.1) is 20.3 Å². The maximum absolute atomic E-state index is 12.4. The second-order valence-corrected chi connectivity index (χ2v) is 7.19. The molecule has 1 aromatic carbocycles. The Kier molecular flexibility index (Phi) is 5.92. The Hall–Kier alpha value is -2.71. The quantitative estimate of drug-likeness (QED) is 0.794. The van der Waals surface area contributed by atoms with Gasteiger partial charge in [-0.05, 0) is 30.2 Å². The fourth-order valence-electron chi connectivity index (χ4n) is 3.79. The van der Waals surface area contributed by atoms with Crippen LogP contribution in [0.15, 0.2) is 36.4 Å². The minimum atomic E-state index is -0.412. The molecule has 1 aromatic heterocycles. The first-order valence-corrected chi connectivity index (χ1v) is 9.96. The molecule has 0 bridgehead atoms. The number of anilines is 1. The van der Waals surface area contributed by atoms with Crippen molar-refractivity contribution in [3.63, 3.8) is 0 Å². The van der Waals surface area contributed by atoms with Gasteiger partial charge in [-0.15, -0.1) is 10.2 Å². The zero-order valence-electron chi connectivity index (χ0n) is 16.6. The van der Waals surface area contributed by atoms with Crippen LogP contribution in [0, 0.1) is 0 Å². The molecule has 0 atom stereocenters. The van der Waals surface area contributed by atoms with Crippen LogP contribution in [0.1, 0.15) is 28.9 Å². The van der Waals surface area contributed by atoms with E-state index in [2.05, 4.69) is 20.4 Å². The lowest BCUT2D eigenvalue weighted by Crippen LogP contribution is -2.45. The van der Waals surface area contributed by atoms with Crippen LogP contribution in [0.4, 0.5) is 5.82 Å². The Labute approximate surface area is 170 Å². The first kappa shape index (κ1) is 19.6. The van der Waals surface area contributed by atoms with Crippen molar-refractivity contribution in [1.29, 1.82) is 0 Å². The molecule has 2 aliphatic heterocycles. The molecule has 0 aliphatic carbocycles. The van der Waals surface area contributed by atoms with Gasteiger partial charge in [0.15, 0.2) is 17.3 Å². The molecule has 29 heavy (non-hydrogen) atoms. The number of carbonyl (C=O) groups is 1. The summed E-state index contributed by atoms with van der Waals surface area (Å²) in [6.07, 6.45) is 2.29. The van der Waals surface area contributed by atoms with Crippen LogP contribution in [-0.4, -0.2) is 61.8 Å². The fraction of sp³-hybridized carbons (Fsp3) is 0.476. The second-order valence-electron chi connectivity index (χ2n) is 7.19. The summed E-state index contributed by atoms with van der Waals surface area (Å²) >= 11 is 0. The predicted octanol–water partition coefficient (Wildman–Crippen LogP) is 1.80. The number of ether oxygens (including phenoxy) is 3. The van der Waals surface area contributed by atoms with E-state index in [1.54, 1.807) is 13.2 Å². The molecule has 2 aromatic rings. The lowest BCUT2D eigenvalue weighted by atomic mass is 10.0. The third kappa shape index (κ3) is 4.49. The van der Waals surface area contributed by atoms with E-state index in [1.807, 2.05) is 30.3 Å². The smallest absolute Gasteiger partial charge is 0.271 e. The Morgan fingerprint density at radius 3 is 2.59 bits per heavy atom. The molecule has 1 N–H and O–H groups in total. The average molecular weight is 398 g/mol. The standard InChI is InChI=1S/C21H26N4O4/c1-27-18-5-3-2-4-16(18)8-11-22-20(26)17-6-7-19(24-23-17)25-12-9-21(10-13-25)28-14-15-29-21/h2-7H,8-15H2,1H3,(H,22,26). The van der Waals surface area contributed by atoms with E-state index in [4.69, 9.17) is 14.2 Å². The molecule has 0 saturated carbocycles. The number of piperidine rings is 1. The number of para-hydroxylation sites is 1. The molecule has 4 rings (SSSR count). The number of nitrogens with zero attached hydrogens (tertiary/aromatic N) is 3. The van der Waals surface area contributed by atoms with E-state index in [1.165, 1.54) is 0 Å². The van der Waals surface area contributed by atoms with E-state index >= 15 is 0 Å². The average Bonchev–Trinajstić information content (AvgIpc) is 3.22. The molecule has 0 radical (unpaired) electrons. The van der Waals surface area contributed by atoms with Crippen molar-refractivity contribution in [3.8, 4) is 5.75 Å². The summed E-state index contributed by atoms with van der Waals surface area (Å²) in [5.74, 6) is 0.945. The van der Waals surface area contributed by atoms with Gasteiger partial charge in [0.25, 0.3) is 5.91 Å². The number of hydrogen-bond acceptors (Lipinski definition) is 7. The Morgan fingerprint density at radius 1 is 1.14 bits per heavy atom. The van der Waals surface area contributed by atoms with E-state index in [0.717, 1.165) is 43.1 Å². The van der Waals surface area contributed by atoms with Gasteiger partial charge in [-0.2, -0.15) is 0 Å². The minimum Gasteiger partial charge on any atom is -0.496 e. The van der Waals surface area contributed by atoms with Gasteiger partial charge >= 0.3 is 0 Å². The topological polar surface area (TPSA) is 85.8 Å². The van der Waals surface area contributed by atoms with Gasteiger partial charge in [0.1, 0.15) is 5.75 Å². The SMILES string of the molecule is COc1ccccc1CCNC(=O)c1ccc(N2CCC3(CC2)OCCO3)nn1. The molecular weight excluding hydrogens is 372 g/mol.